The first-order valence-corrected chi connectivity index (χ1v) is 11.0. The number of thioether (sulfide) groups is 1. The number of benzene rings is 2. The zero-order valence-corrected chi connectivity index (χ0v) is 18.2. The van der Waals surface area contributed by atoms with Gasteiger partial charge in [0.25, 0.3) is 5.91 Å². The summed E-state index contributed by atoms with van der Waals surface area (Å²) in [7, 11) is 0. The largest absolute Gasteiger partial charge is 0.454 e. The lowest BCUT2D eigenvalue weighted by Crippen LogP contribution is -2.32. The molecule has 0 radical (unpaired) electrons. The fraction of sp³-hybridized carbons (Fsp3) is 0.261. The second-order valence-electron chi connectivity index (χ2n) is 7.15. The maximum atomic E-state index is 13.2. The minimum atomic E-state index is -0.238. The average molecular weight is 438 g/mol. The number of nitrogens with one attached hydrogen (secondary N) is 1. The molecule has 0 saturated heterocycles. The molecule has 2 amide bonds. The molecule has 2 aromatic rings. The molecule has 0 atom stereocenters. The number of amidine groups is 1. The van der Waals surface area contributed by atoms with E-state index in [-0.39, 0.29) is 24.4 Å². The molecule has 0 aliphatic carbocycles. The Labute approximate surface area is 185 Å². The molecule has 0 saturated carbocycles. The molecule has 8 heteroatoms. The summed E-state index contributed by atoms with van der Waals surface area (Å²) in [6.07, 6.45) is 2.59. The number of nitrogens with zero attached hydrogens (tertiary/aromatic N) is 2. The molecule has 31 heavy (non-hydrogen) atoms. The summed E-state index contributed by atoms with van der Waals surface area (Å²) in [6.45, 7) is 4.80. The molecule has 0 spiro atoms. The zero-order chi connectivity index (χ0) is 21.8. The number of amides is 2. The van der Waals surface area contributed by atoms with Crippen LogP contribution in [-0.2, 0) is 9.59 Å². The van der Waals surface area contributed by atoms with E-state index in [2.05, 4.69) is 10.3 Å². The number of fused-ring (bicyclic) bond motifs is 1. The van der Waals surface area contributed by atoms with Gasteiger partial charge in [0, 0.05) is 6.54 Å². The van der Waals surface area contributed by atoms with E-state index in [1.54, 1.807) is 11.0 Å². The summed E-state index contributed by atoms with van der Waals surface area (Å²) in [5.74, 6) is 1.18. The Morgan fingerprint density at radius 1 is 1.19 bits per heavy atom. The van der Waals surface area contributed by atoms with Crippen molar-refractivity contribution in [2.45, 2.75) is 20.3 Å². The monoisotopic (exact) mass is 437 g/mol. The van der Waals surface area contributed by atoms with Gasteiger partial charge in [-0.3, -0.25) is 14.5 Å². The summed E-state index contributed by atoms with van der Waals surface area (Å²) in [6, 6.07) is 13.1. The van der Waals surface area contributed by atoms with Gasteiger partial charge in [0.05, 0.1) is 11.4 Å². The molecule has 7 nitrogen and oxygen atoms in total. The Bertz CT molecular complexity index is 1060. The lowest BCUT2D eigenvalue weighted by molar-refractivity contribution is -0.118. The van der Waals surface area contributed by atoms with Crippen LogP contribution in [0.1, 0.15) is 24.5 Å². The Morgan fingerprint density at radius 3 is 2.74 bits per heavy atom. The number of rotatable bonds is 6. The van der Waals surface area contributed by atoms with Gasteiger partial charge >= 0.3 is 0 Å². The third-order valence-electron chi connectivity index (χ3n) is 4.73. The predicted molar refractivity (Wildman–Crippen MR) is 122 cm³/mol. The van der Waals surface area contributed by atoms with Crippen molar-refractivity contribution < 1.29 is 19.1 Å². The first-order valence-electron chi connectivity index (χ1n) is 10.1. The van der Waals surface area contributed by atoms with Gasteiger partial charge in [0.2, 0.25) is 12.7 Å². The normalized spacial score (nSPS) is 16.1. The number of aryl methyl sites for hydroxylation is 1. The molecular weight excluding hydrogens is 414 g/mol. The number of aliphatic imine (C=N–C) groups is 1. The number of hydrogen-bond acceptors (Lipinski definition) is 6. The standard InChI is InChI=1S/C23H23N3O4S/c1-3-10-24-21(27)13-31-23-25-18(11-16-6-9-19-20(12-16)30-14-29-19)22(28)26(23)17-7-4-15(2)5-8-17/h4-9,11-12H,3,10,13-14H2,1-2H3,(H,24,27). The molecule has 160 valence electrons. The van der Waals surface area contributed by atoms with Crippen molar-refractivity contribution in [3.05, 3.63) is 59.3 Å². The van der Waals surface area contributed by atoms with Crippen LogP contribution in [0.3, 0.4) is 0 Å². The van der Waals surface area contributed by atoms with Crippen LogP contribution in [-0.4, -0.2) is 36.1 Å². The summed E-state index contributed by atoms with van der Waals surface area (Å²) >= 11 is 1.25. The highest BCUT2D eigenvalue weighted by molar-refractivity contribution is 8.14. The lowest BCUT2D eigenvalue weighted by atomic mass is 10.1. The van der Waals surface area contributed by atoms with Gasteiger partial charge in [-0.05, 0) is 49.2 Å². The maximum absolute atomic E-state index is 13.2. The van der Waals surface area contributed by atoms with Gasteiger partial charge in [0.1, 0.15) is 5.70 Å². The summed E-state index contributed by atoms with van der Waals surface area (Å²) in [5, 5.41) is 3.33. The van der Waals surface area contributed by atoms with Crippen molar-refractivity contribution in [2.75, 3.05) is 24.0 Å². The van der Waals surface area contributed by atoms with Crippen molar-refractivity contribution in [2.24, 2.45) is 4.99 Å². The van der Waals surface area contributed by atoms with E-state index in [0.29, 0.717) is 34.6 Å². The van der Waals surface area contributed by atoms with Crippen molar-refractivity contribution in [3.63, 3.8) is 0 Å². The van der Waals surface area contributed by atoms with E-state index in [0.717, 1.165) is 17.5 Å². The topological polar surface area (TPSA) is 80.2 Å². The summed E-state index contributed by atoms with van der Waals surface area (Å²) in [4.78, 5) is 31.4. The van der Waals surface area contributed by atoms with Gasteiger partial charge in [-0.2, -0.15) is 0 Å². The summed E-state index contributed by atoms with van der Waals surface area (Å²) in [5.41, 5.74) is 2.89. The van der Waals surface area contributed by atoms with Crippen molar-refractivity contribution in [1.82, 2.24) is 5.32 Å². The fourth-order valence-corrected chi connectivity index (χ4v) is 3.96. The first-order chi connectivity index (χ1) is 15.0. The zero-order valence-electron chi connectivity index (χ0n) is 17.4. The van der Waals surface area contributed by atoms with Gasteiger partial charge < -0.3 is 14.8 Å². The smallest absolute Gasteiger partial charge is 0.283 e. The van der Waals surface area contributed by atoms with Crippen LogP contribution in [0.25, 0.3) is 6.08 Å². The molecule has 1 N–H and O–H groups in total. The number of ether oxygens (including phenoxy) is 2. The number of carbonyl (C=O) groups is 2. The lowest BCUT2D eigenvalue weighted by Gasteiger charge is -2.18. The molecule has 4 rings (SSSR count). The van der Waals surface area contributed by atoms with Gasteiger partial charge in [0.15, 0.2) is 16.7 Å². The molecule has 0 unspecified atom stereocenters. The van der Waals surface area contributed by atoms with Gasteiger partial charge in [-0.15, -0.1) is 0 Å². The Hall–Kier alpha value is -3.26. The quantitative estimate of drug-likeness (QED) is 0.697. The second kappa shape index (κ2) is 9.26. The fourth-order valence-electron chi connectivity index (χ4n) is 3.12. The van der Waals surface area contributed by atoms with E-state index in [9.17, 15) is 9.59 Å². The van der Waals surface area contributed by atoms with Crippen molar-refractivity contribution in [3.8, 4) is 11.5 Å². The van der Waals surface area contributed by atoms with Crippen molar-refractivity contribution in [1.29, 1.82) is 0 Å². The van der Waals surface area contributed by atoms with Crippen LogP contribution >= 0.6 is 11.8 Å². The minimum Gasteiger partial charge on any atom is -0.454 e. The molecule has 0 fully saturated rings. The van der Waals surface area contributed by atoms with Crippen LogP contribution in [0.2, 0.25) is 0 Å². The van der Waals surface area contributed by atoms with Crippen LogP contribution in [0.5, 0.6) is 11.5 Å². The Morgan fingerprint density at radius 2 is 1.97 bits per heavy atom. The molecule has 2 aliphatic heterocycles. The first kappa shape index (κ1) is 21.0. The molecule has 2 aromatic carbocycles. The van der Waals surface area contributed by atoms with Crippen LogP contribution in [0.15, 0.2) is 53.2 Å². The van der Waals surface area contributed by atoms with Crippen molar-refractivity contribution >= 4 is 40.5 Å². The predicted octanol–water partition coefficient (Wildman–Crippen LogP) is 3.73. The van der Waals surface area contributed by atoms with Crippen LogP contribution < -0.4 is 19.7 Å². The van der Waals surface area contributed by atoms with E-state index in [4.69, 9.17) is 9.47 Å². The highest BCUT2D eigenvalue weighted by atomic mass is 32.2. The number of hydrogen-bond donors (Lipinski definition) is 1. The van der Waals surface area contributed by atoms with Crippen LogP contribution in [0, 0.1) is 6.92 Å². The molecule has 0 bridgehead atoms. The Balaban J connectivity index is 1.61. The van der Waals surface area contributed by atoms with Crippen LogP contribution in [0.4, 0.5) is 5.69 Å². The second-order valence-corrected chi connectivity index (χ2v) is 8.09. The van der Waals surface area contributed by atoms with E-state index < -0.39 is 0 Å². The third-order valence-corrected chi connectivity index (χ3v) is 5.66. The van der Waals surface area contributed by atoms with E-state index in [1.807, 2.05) is 56.3 Å². The molecule has 2 aliphatic rings. The Kier molecular flexibility index (Phi) is 6.27. The van der Waals surface area contributed by atoms with E-state index in [1.165, 1.54) is 11.8 Å². The third kappa shape index (κ3) is 4.74. The average Bonchev–Trinajstić information content (AvgIpc) is 3.35. The molecular formula is C23H23N3O4S. The molecule has 0 aromatic heterocycles. The maximum Gasteiger partial charge on any atom is 0.283 e. The number of carbonyl (C=O) groups excluding carboxylic acids is 2. The SMILES string of the molecule is CCCNC(=O)CSC1=NC(=Cc2ccc3c(c2)OCO3)C(=O)N1c1ccc(C)cc1. The summed E-state index contributed by atoms with van der Waals surface area (Å²) < 4.78 is 10.8. The van der Waals surface area contributed by atoms with E-state index >= 15 is 0 Å². The number of anilines is 1. The van der Waals surface area contributed by atoms with Gasteiger partial charge in [-0.25, -0.2) is 4.99 Å². The highest BCUT2D eigenvalue weighted by Gasteiger charge is 2.32. The highest BCUT2D eigenvalue weighted by Crippen LogP contribution is 2.34. The minimum absolute atomic E-state index is 0.0842. The van der Waals surface area contributed by atoms with Gasteiger partial charge in [-0.1, -0.05) is 42.4 Å². The molecule has 2 heterocycles.